The van der Waals surface area contributed by atoms with Gasteiger partial charge in [0, 0.05) is 5.41 Å². The van der Waals surface area contributed by atoms with Gasteiger partial charge in [-0.15, -0.1) is 0 Å². The van der Waals surface area contributed by atoms with Gasteiger partial charge in [-0.25, -0.2) is 0 Å². The zero-order valence-electron chi connectivity index (χ0n) is 17.9. The quantitative estimate of drug-likeness (QED) is 0.447. The molecule has 176 valence electrons. The lowest BCUT2D eigenvalue weighted by molar-refractivity contribution is -0.143. The van der Waals surface area contributed by atoms with E-state index in [0.717, 1.165) is 56.6 Å². The van der Waals surface area contributed by atoms with Gasteiger partial charge in [0.05, 0.1) is 24.3 Å². The van der Waals surface area contributed by atoms with Crippen molar-refractivity contribution in [3.8, 4) is 0 Å². The minimum atomic E-state index is -4.87. The summed E-state index contributed by atoms with van der Waals surface area (Å²) in [7, 11) is 0. The van der Waals surface area contributed by atoms with Gasteiger partial charge in [0.15, 0.2) is 0 Å². The lowest BCUT2D eigenvalue weighted by Gasteiger charge is -2.33. The molecule has 2 aromatic rings. The van der Waals surface area contributed by atoms with E-state index in [1.807, 2.05) is 30.3 Å². The van der Waals surface area contributed by atoms with Crippen molar-refractivity contribution >= 4 is 0 Å². The predicted octanol–water partition coefficient (Wildman–Crippen LogP) is 6.68. The molecule has 1 atom stereocenters. The highest BCUT2D eigenvalue weighted by Gasteiger charge is 2.37. The average Bonchev–Trinajstić information content (AvgIpc) is 2.96. The largest absolute Gasteiger partial charge is 0.416 e. The van der Waals surface area contributed by atoms with Crippen molar-refractivity contribution in [3.63, 3.8) is 0 Å². The number of rotatable bonds is 6. The van der Waals surface area contributed by atoms with Gasteiger partial charge in [-0.2, -0.15) is 26.3 Å². The number of alkyl halides is 6. The zero-order valence-corrected chi connectivity index (χ0v) is 17.9. The molecule has 1 heterocycles. The van der Waals surface area contributed by atoms with Crippen molar-refractivity contribution in [2.45, 2.75) is 50.6 Å². The third kappa shape index (κ3) is 6.04. The lowest BCUT2D eigenvalue weighted by Crippen LogP contribution is -2.34. The third-order valence-electron chi connectivity index (χ3n) is 6.16. The van der Waals surface area contributed by atoms with Gasteiger partial charge in [-0.3, -0.25) is 0 Å². The first-order valence-corrected chi connectivity index (χ1v) is 10.7. The third-order valence-corrected chi connectivity index (χ3v) is 6.16. The summed E-state index contributed by atoms with van der Waals surface area (Å²) in [5.41, 5.74) is -2.04. The van der Waals surface area contributed by atoms with Gasteiger partial charge in [-0.05, 0) is 68.2 Å². The fraction of sp³-hybridized carbons (Fsp3) is 0.500. The first kappa shape index (κ1) is 24.6. The number of likely N-dealkylation sites (tertiary alicyclic amines) is 1. The summed E-state index contributed by atoms with van der Waals surface area (Å²) in [6, 6.07) is 11.4. The van der Waals surface area contributed by atoms with E-state index in [-0.39, 0.29) is 30.3 Å². The standard InChI is InChI=1S/C24H27F6NO/c1-2-31-11-6-9-22(10-12-31,19-7-4-3-5-8-19)17-32-16-18-13-20(23(25,26)27)15-21(14-18)24(28,29)30/h3-5,7-8,13-15H,2,6,9-12,16-17H2,1H3/t22-/m1/s1. The van der Waals surface area contributed by atoms with E-state index >= 15 is 0 Å². The van der Waals surface area contributed by atoms with Crippen LogP contribution in [0.25, 0.3) is 0 Å². The Bertz CT molecular complexity index is 848. The Morgan fingerprint density at radius 1 is 0.875 bits per heavy atom. The molecule has 0 N–H and O–H groups in total. The highest BCUT2D eigenvalue weighted by atomic mass is 19.4. The number of ether oxygens (including phenoxy) is 1. The fourth-order valence-corrected chi connectivity index (χ4v) is 4.34. The zero-order chi connectivity index (χ0) is 23.4. The molecule has 0 bridgehead atoms. The number of hydrogen-bond donors (Lipinski definition) is 0. The molecule has 0 amide bonds. The average molecular weight is 459 g/mol. The van der Waals surface area contributed by atoms with Crippen molar-refractivity contribution in [1.29, 1.82) is 0 Å². The molecule has 2 nitrogen and oxygen atoms in total. The van der Waals surface area contributed by atoms with E-state index in [1.54, 1.807) is 0 Å². The fourth-order valence-electron chi connectivity index (χ4n) is 4.34. The van der Waals surface area contributed by atoms with Gasteiger partial charge in [0.2, 0.25) is 0 Å². The minimum Gasteiger partial charge on any atom is -0.376 e. The molecule has 1 fully saturated rings. The first-order valence-electron chi connectivity index (χ1n) is 10.7. The summed E-state index contributed by atoms with van der Waals surface area (Å²) < 4.78 is 84.6. The van der Waals surface area contributed by atoms with Crippen LogP contribution in [-0.4, -0.2) is 31.1 Å². The van der Waals surface area contributed by atoms with Crippen molar-refractivity contribution in [1.82, 2.24) is 4.90 Å². The van der Waals surface area contributed by atoms with Crippen LogP contribution in [0.15, 0.2) is 48.5 Å². The summed E-state index contributed by atoms with van der Waals surface area (Å²) in [6.45, 7) is 4.74. The lowest BCUT2D eigenvalue weighted by atomic mass is 9.75. The van der Waals surface area contributed by atoms with Gasteiger partial charge in [0.1, 0.15) is 0 Å². The van der Waals surface area contributed by atoms with Gasteiger partial charge < -0.3 is 9.64 Å². The monoisotopic (exact) mass is 459 g/mol. The molecular weight excluding hydrogens is 432 g/mol. The number of benzene rings is 2. The maximum Gasteiger partial charge on any atom is 0.416 e. The Balaban J connectivity index is 1.82. The molecule has 8 heteroatoms. The normalized spacial score (nSPS) is 20.8. The summed E-state index contributed by atoms with van der Waals surface area (Å²) in [5, 5.41) is 0. The molecule has 3 rings (SSSR count). The number of hydrogen-bond acceptors (Lipinski definition) is 2. The molecule has 32 heavy (non-hydrogen) atoms. The van der Waals surface area contributed by atoms with Gasteiger partial charge in [-0.1, -0.05) is 37.3 Å². The van der Waals surface area contributed by atoms with Crippen LogP contribution in [0.5, 0.6) is 0 Å². The molecule has 0 radical (unpaired) electrons. The van der Waals surface area contributed by atoms with Crippen LogP contribution in [0.3, 0.4) is 0 Å². The van der Waals surface area contributed by atoms with E-state index < -0.39 is 23.5 Å². The highest BCUT2D eigenvalue weighted by Crippen LogP contribution is 2.38. The molecule has 1 aliphatic heterocycles. The topological polar surface area (TPSA) is 12.5 Å². The van der Waals surface area contributed by atoms with E-state index in [1.165, 1.54) is 0 Å². The van der Waals surface area contributed by atoms with Crippen LogP contribution >= 0.6 is 0 Å². The smallest absolute Gasteiger partial charge is 0.376 e. The SMILES string of the molecule is CCN1CCC[C@@](COCc2cc(C(F)(F)F)cc(C(F)(F)F)c2)(c2ccccc2)CC1. The van der Waals surface area contributed by atoms with Crippen LogP contribution in [0, 0.1) is 0 Å². The highest BCUT2D eigenvalue weighted by molar-refractivity contribution is 5.33. The van der Waals surface area contributed by atoms with Gasteiger partial charge >= 0.3 is 12.4 Å². The number of halogens is 6. The predicted molar refractivity (Wildman–Crippen MR) is 110 cm³/mol. The molecule has 0 aromatic heterocycles. The van der Waals surface area contributed by atoms with Crippen molar-refractivity contribution in [3.05, 3.63) is 70.8 Å². The van der Waals surface area contributed by atoms with E-state index in [4.69, 9.17) is 4.74 Å². The van der Waals surface area contributed by atoms with Crippen molar-refractivity contribution in [2.75, 3.05) is 26.2 Å². The maximum atomic E-state index is 13.1. The molecule has 1 aliphatic rings. The summed E-state index contributed by atoms with van der Waals surface area (Å²) in [4.78, 5) is 2.34. The molecule has 2 aromatic carbocycles. The van der Waals surface area contributed by atoms with Crippen LogP contribution < -0.4 is 0 Å². The van der Waals surface area contributed by atoms with E-state index in [9.17, 15) is 26.3 Å². The summed E-state index contributed by atoms with van der Waals surface area (Å²) in [6.07, 6.45) is -7.16. The van der Waals surface area contributed by atoms with Crippen LogP contribution in [0.1, 0.15) is 48.4 Å². The second kappa shape index (κ2) is 9.83. The Labute approximate surface area is 184 Å². The summed E-state index contributed by atoms with van der Waals surface area (Å²) >= 11 is 0. The van der Waals surface area contributed by atoms with Gasteiger partial charge in [0.25, 0.3) is 0 Å². The van der Waals surface area contributed by atoms with Crippen LogP contribution in [0.2, 0.25) is 0 Å². The Morgan fingerprint density at radius 2 is 1.50 bits per heavy atom. The Morgan fingerprint density at radius 3 is 2.06 bits per heavy atom. The van der Waals surface area contributed by atoms with E-state index in [2.05, 4.69) is 11.8 Å². The molecular formula is C24H27F6NO. The molecule has 0 unspecified atom stereocenters. The van der Waals surface area contributed by atoms with Crippen molar-refractivity contribution in [2.24, 2.45) is 0 Å². The molecule has 1 saturated heterocycles. The Kier molecular flexibility index (Phi) is 7.55. The first-order chi connectivity index (χ1) is 15.0. The second-order valence-electron chi connectivity index (χ2n) is 8.34. The van der Waals surface area contributed by atoms with Crippen molar-refractivity contribution < 1.29 is 31.1 Å². The van der Waals surface area contributed by atoms with E-state index in [0.29, 0.717) is 0 Å². The van der Waals surface area contributed by atoms with Crippen LogP contribution in [0.4, 0.5) is 26.3 Å². The maximum absolute atomic E-state index is 13.1. The Hall–Kier alpha value is -2.06. The summed E-state index contributed by atoms with van der Waals surface area (Å²) in [5.74, 6) is 0. The molecule has 0 spiro atoms. The second-order valence-corrected chi connectivity index (χ2v) is 8.34. The minimum absolute atomic E-state index is 0.138. The molecule has 0 aliphatic carbocycles. The number of nitrogens with zero attached hydrogens (tertiary/aromatic N) is 1. The van der Waals surface area contributed by atoms with Crippen LogP contribution in [-0.2, 0) is 29.1 Å². The molecule has 0 saturated carbocycles.